The fraction of sp³-hybridized carbons (Fsp3) is 0.286. The SMILES string of the molecule is CCOC(=O)Oc1c2cc(CC)ccc2cc2c(CC)cccc12. The smallest absolute Gasteiger partial charge is 0.434 e. The summed E-state index contributed by atoms with van der Waals surface area (Å²) in [5.41, 5.74) is 2.45. The average molecular weight is 322 g/mol. The third-order valence-corrected chi connectivity index (χ3v) is 4.34. The zero-order chi connectivity index (χ0) is 17.1. The molecule has 0 spiro atoms. The van der Waals surface area contributed by atoms with Crippen molar-refractivity contribution in [3.8, 4) is 5.75 Å². The first-order valence-corrected chi connectivity index (χ1v) is 8.49. The molecular weight excluding hydrogens is 300 g/mol. The van der Waals surface area contributed by atoms with Crippen LogP contribution in [0.3, 0.4) is 0 Å². The number of carbonyl (C=O) groups excluding carboxylic acids is 1. The summed E-state index contributed by atoms with van der Waals surface area (Å²) in [6.45, 7) is 6.31. The number of carbonyl (C=O) groups is 1. The number of rotatable bonds is 4. The van der Waals surface area contributed by atoms with Crippen molar-refractivity contribution < 1.29 is 14.3 Å². The molecule has 0 aromatic heterocycles. The molecule has 0 fully saturated rings. The van der Waals surface area contributed by atoms with Crippen LogP contribution < -0.4 is 4.74 Å². The van der Waals surface area contributed by atoms with Crippen molar-refractivity contribution >= 4 is 27.7 Å². The van der Waals surface area contributed by atoms with Gasteiger partial charge in [-0.25, -0.2) is 4.79 Å². The molecule has 0 radical (unpaired) electrons. The first-order chi connectivity index (χ1) is 11.7. The Bertz CT molecular complexity index is 893. The van der Waals surface area contributed by atoms with Crippen LogP contribution in [-0.2, 0) is 17.6 Å². The second-order valence-corrected chi connectivity index (χ2v) is 5.77. The number of fused-ring (bicyclic) bond motifs is 2. The molecule has 0 amide bonds. The summed E-state index contributed by atoms with van der Waals surface area (Å²) >= 11 is 0. The summed E-state index contributed by atoms with van der Waals surface area (Å²) in [6, 6.07) is 14.6. The molecule has 0 atom stereocenters. The highest BCUT2D eigenvalue weighted by molar-refractivity contribution is 6.07. The van der Waals surface area contributed by atoms with E-state index in [0.29, 0.717) is 12.4 Å². The Morgan fingerprint density at radius 2 is 1.75 bits per heavy atom. The van der Waals surface area contributed by atoms with Gasteiger partial charge in [0, 0.05) is 10.8 Å². The van der Waals surface area contributed by atoms with Gasteiger partial charge in [-0.3, -0.25) is 0 Å². The lowest BCUT2D eigenvalue weighted by Gasteiger charge is -2.14. The number of ether oxygens (including phenoxy) is 2. The molecule has 0 bridgehead atoms. The van der Waals surface area contributed by atoms with Gasteiger partial charge in [0.15, 0.2) is 0 Å². The van der Waals surface area contributed by atoms with Gasteiger partial charge >= 0.3 is 6.16 Å². The van der Waals surface area contributed by atoms with E-state index in [1.807, 2.05) is 12.1 Å². The molecule has 24 heavy (non-hydrogen) atoms. The lowest BCUT2D eigenvalue weighted by atomic mass is 9.96. The first-order valence-electron chi connectivity index (χ1n) is 8.49. The molecule has 3 rings (SSSR count). The quantitative estimate of drug-likeness (QED) is 0.353. The van der Waals surface area contributed by atoms with Gasteiger partial charge in [0.05, 0.1) is 6.61 Å². The van der Waals surface area contributed by atoms with Crippen molar-refractivity contribution in [2.45, 2.75) is 33.6 Å². The monoisotopic (exact) mass is 322 g/mol. The van der Waals surface area contributed by atoms with E-state index in [2.05, 4.69) is 44.2 Å². The molecule has 3 nitrogen and oxygen atoms in total. The molecular formula is C21H22O3. The van der Waals surface area contributed by atoms with Crippen molar-refractivity contribution in [3.63, 3.8) is 0 Å². The highest BCUT2D eigenvalue weighted by Crippen LogP contribution is 2.37. The van der Waals surface area contributed by atoms with Crippen molar-refractivity contribution in [3.05, 3.63) is 53.6 Å². The van der Waals surface area contributed by atoms with Crippen LogP contribution in [0.1, 0.15) is 31.9 Å². The van der Waals surface area contributed by atoms with Gasteiger partial charge in [-0.05, 0) is 53.8 Å². The van der Waals surface area contributed by atoms with E-state index in [4.69, 9.17) is 9.47 Å². The van der Waals surface area contributed by atoms with Crippen LogP contribution in [0.4, 0.5) is 4.79 Å². The number of benzene rings is 3. The van der Waals surface area contributed by atoms with E-state index < -0.39 is 6.16 Å². The fourth-order valence-electron chi connectivity index (χ4n) is 3.08. The summed E-state index contributed by atoms with van der Waals surface area (Å²) in [6.07, 6.45) is 1.20. The van der Waals surface area contributed by atoms with E-state index in [-0.39, 0.29) is 0 Å². The Morgan fingerprint density at radius 3 is 2.46 bits per heavy atom. The largest absolute Gasteiger partial charge is 0.513 e. The second kappa shape index (κ2) is 6.91. The van der Waals surface area contributed by atoms with Crippen LogP contribution in [0.2, 0.25) is 0 Å². The highest BCUT2D eigenvalue weighted by Gasteiger charge is 2.15. The van der Waals surface area contributed by atoms with Crippen LogP contribution in [0.5, 0.6) is 5.75 Å². The molecule has 0 saturated heterocycles. The van der Waals surface area contributed by atoms with Gasteiger partial charge in [0.2, 0.25) is 0 Å². The van der Waals surface area contributed by atoms with E-state index in [0.717, 1.165) is 34.4 Å². The topological polar surface area (TPSA) is 35.5 Å². The molecule has 0 aliphatic carbocycles. The summed E-state index contributed by atoms with van der Waals surface area (Å²) in [5, 5.41) is 4.09. The maximum Gasteiger partial charge on any atom is 0.513 e. The lowest BCUT2D eigenvalue weighted by Crippen LogP contribution is -2.10. The summed E-state index contributed by atoms with van der Waals surface area (Å²) < 4.78 is 10.6. The average Bonchev–Trinajstić information content (AvgIpc) is 2.61. The van der Waals surface area contributed by atoms with Gasteiger partial charge in [-0.2, -0.15) is 0 Å². The van der Waals surface area contributed by atoms with Gasteiger partial charge in [-0.15, -0.1) is 0 Å². The highest BCUT2D eigenvalue weighted by atomic mass is 16.7. The summed E-state index contributed by atoms with van der Waals surface area (Å²) in [4.78, 5) is 12.0. The number of aryl methyl sites for hydroxylation is 2. The van der Waals surface area contributed by atoms with Crippen LogP contribution in [0.15, 0.2) is 42.5 Å². The van der Waals surface area contributed by atoms with Crippen molar-refractivity contribution in [1.29, 1.82) is 0 Å². The zero-order valence-electron chi connectivity index (χ0n) is 14.4. The maximum atomic E-state index is 12.0. The van der Waals surface area contributed by atoms with E-state index >= 15 is 0 Å². The summed E-state index contributed by atoms with van der Waals surface area (Å²) in [5.74, 6) is 0.589. The predicted molar refractivity (Wildman–Crippen MR) is 97.9 cm³/mol. The lowest BCUT2D eigenvalue weighted by molar-refractivity contribution is 0.105. The van der Waals surface area contributed by atoms with Crippen molar-refractivity contribution in [2.75, 3.05) is 6.61 Å². The molecule has 0 unspecified atom stereocenters. The summed E-state index contributed by atoms with van der Waals surface area (Å²) in [7, 11) is 0. The first kappa shape index (κ1) is 16.3. The Morgan fingerprint density at radius 1 is 0.917 bits per heavy atom. The Hall–Kier alpha value is -2.55. The van der Waals surface area contributed by atoms with Crippen molar-refractivity contribution in [2.24, 2.45) is 0 Å². The number of hydrogen-bond acceptors (Lipinski definition) is 3. The molecule has 0 aliphatic heterocycles. The van der Waals surface area contributed by atoms with Gasteiger partial charge in [0.25, 0.3) is 0 Å². The van der Waals surface area contributed by atoms with E-state index in [9.17, 15) is 4.79 Å². The minimum atomic E-state index is -0.657. The van der Waals surface area contributed by atoms with Crippen LogP contribution in [0.25, 0.3) is 21.5 Å². The molecule has 3 heteroatoms. The minimum absolute atomic E-state index is 0.294. The Balaban J connectivity index is 2.32. The molecule has 0 aliphatic rings. The third-order valence-electron chi connectivity index (χ3n) is 4.34. The zero-order valence-corrected chi connectivity index (χ0v) is 14.4. The third kappa shape index (κ3) is 2.94. The van der Waals surface area contributed by atoms with E-state index in [1.165, 1.54) is 11.1 Å². The van der Waals surface area contributed by atoms with E-state index in [1.54, 1.807) is 6.92 Å². The van der Waals surface area contributed by atoms with Gasteiger partial charge < -0.3 is 9.47 Å². The second-order valence-electron chi connectivity index (χ2n) is 5.77. The maximum absolute atomic E-state index is 12.0. The molecule has 0 saturated carbocycles. The standard InChI is InChI=1S/C21H22O3/c1-4-14-10-11-16-13-18-15(5-2)8-7-9-17(18)20(19(16)12-14)24-21(22)23-6-3/h7-13H,4-6H2,1-3H3. The molecule has 124 valence electrons. The molecule has 3 aromatic carbocycles. The van der Waals surface area contributed by atoms with Crippen molar-refractivity contribution in [1.82, 2.24) is 0 Å². The van der Waals surface area contributed by atoms with Crippen LogP contribution >= 0.6 is 0 Å². The van der Waals surface area contributed by atoms with Gasteiger partial charge in [0.1, 0.15) is 5.75 Å². The molecule has 0 N–H and O–H groups in total. The normalized spacial score (nSPS) is 11.0. The van der Waals surface area contributed by atoms with Gasteiger partial charge in [-0.1, -0.05) is 44.2 Å². The Kier molecular flexibility index (Phi) is 4.70. The molecule has 3 aromatic rings. The van der Waals surface area contributed by atoms with Crippen LogP contribution in [-0.4, -0.2) is 12.8 Å². The van der Waals surface area contributed by atoms with Crippen LogP contribution in [0, 0.1) is 0 Å². The fourth-order valence-corrected chi connectivity index (χ4v) is 3.08. The predicted octanol–water partition coefficient (Wildman–Crippen LogP) is 5.65. The number of hydrogen-bond donors (Lipinski definition) is 0. The minimum Gasteiger partial charge on any atom is -0.434 e. The molecule has 0 heterocycles. The Labute approximate surface area is 142 Å².